The Morgan fingerprint density at radius 1 is 1.46 bits per heavy atom. The first-order valence-corrected chi connectivity index (χ1v) is 3.39. The van der Waals surface area contributed by atoms with Gasteiger partial charge in [0.2, 0.25) is 0 Å². The lowest BCUT2D eigenvalue weighted by Gasteiger charge is -2.09. The van der Waals surface area contributed by atoms with Gasteiger partial charge in [-0.15, -0.1) is 0 Å². The molecule has 0 aromatic carbocycles. The Kier molecular flexibility index (Phi) is 4.96. The van der Waals surface area contributed by atoms with Crippen LogP contribution in [0.1, 0.15) is 0 Å². The molecule has 0 aliphatic carbocycles. The van der Waals surface area contributed by atoms with Gasteiger partial charge >= 0.3 is 11.9 Å². The molecule has 0 saturated carbocycles. The van der Waals surface area contributed by atoms with Crippen molar-refractivity contribution in [3.63, 3.8) is 0 Å². The van der Waals surface area contributed by atoms with E-state index in [1.54, 1.807) is 0 Å². The Labute approximate surface area is 73.6 Å². The smallest absolute Gasteiger partial charge is 0.375 e. The van der Waals surface area contributed by atoms with E-state index in [4.69, 9.17) is 10.2 Å². The minimum Gasteiger partial charge on any atom is -0.477 e. The van der Waals surface area contributed by atoms with Gasteiger partial charge in [-0.1, -0.05) is 11.8 Å². The van der Waals surface area contributed by atoms with E-state index >= 15 is 0 Å². The summed E-state index contributed by atoms with van der Waals surface area (Å²) in [4.78, 5) is 9.87. The quantitative estimate of drug-likeness (QED) is 0.407. The highest BCUT2D eigenvalue weighted by Gasteiger charge is 2.37. The largest absolute Gasteiger partial charge is 0.477 e. The molecule has 0 bridgehead atoms. The topological polar surface area (TPSA) is 69.6 Å². The number of hydrogen-bond donors (Lipinski definition) is 3. The van der Waals surface area contributed by atoms with Gasteiger partial charge in [-0.05, 0) is 0 Å². The second-order valence-corrected chi connectivity index (χ2v) is 2.12. The summed E-state index contributed by atoms with van der Waals surface area (Å²) < 4.78 is 24.6. The summed E-state index contributed by atoms with van der Waals surface area (Å²) in [6, 6.07) is 0. The third-order valence-electron chi connectivity index (χ3n) is 1.08. The number of aliphatic carboxylic acids is 1. The van der Waals surface area contributed by atoms with Crippen LogP contribution >= 0.6 is 0 Å². The maximum atomic E-state index is 12.3. The molecule has 3 N–H and O–H groups in total. The van der Waals surface area contributed by atoms with E-state index in [1.165, 1.54) is 0 Å². The molecule has 0 aromatic heterocycles. The van der Waals surface area contributed by atoms with Gasteiger partial charge in [0.1, 0.15) is 6.61 Å². The van der Waals surface area contributed by atoms with E-state index in [0.29, 0.717) is 0 Å². The second-order valence-electron chi connectivity index (χ2n) is 2.12. The Bertz CT molecular complexity index is 232. The van der Waals surface area contributed by atoms with E-state index in [2.05, 4.69) is 17.2 Å². The van der Waals surface area contributed by atoms with Crippen molar-refractivity contribution in [2.24, 2.45) is 0 Å². The number of aliphatic hydroxyl groups excluding tert-OH is 1. The monoisotopic (exact) mass is 193 g/mol. The molecular weight excluding hydrogens is 184 g/mol. The van der Waals surface area contributed by atoms with E-state index in [0.717, 1.165) is 0 Å². The van der Waals surface area contributed by atoms with Gasteiger partial charge in [-0.2, -0.15) is 8.78 Å². The van der Waals surface area contributed by atoms with Gasteiger partial charge in [-0.25, -0.2) is 4.79 Å². The van der Waals surface area contributed by atoms with E-state index in [-0.39, 0.29) is 13.2 Å². The van der Waals surface area contributed by atoms with Crippen LogP contribution in [0.4, 0.5) is 8.78 Å². The molecule has 0 heterocycles. The van der Waals surface area contributed by atoms with Crippen LogP contribution < -0.4 is 5.32 Å². The molecule has 0 amide bonds. The first kappa shape index (κ1) is 11.8. The van der Waals surface area contributed by atoms with E-state index in [9.17, 15) is 13.6 Å². The number of hydrogen-bond acceptors (Lipinski definition) is 3. The molecule has 0 saturated heterocycles. The Hall–Kier alpha value is -1.19. The fraction of sp³-hybridized carbons (Fsp3) is 0.571. The summed E-state index contributed by atoms with van der Waals surface area (Å²) in [5.41, 5.74) is 0. The summed E-state index contributed by atoms with van der Waals surface area (Å²) in [7, 11) is 0. The fourth-order valence-corrected chi connectivity index (χ4v) is 0.476. The van der Waals surface area contributed by atoms with Gasteiger partial charge < -0.3 is 10.2 Å². The van der Waals surface area contributed by atoms with Gasteiger partial charge in [0, 0.05) is 0 Å². The minimum absolute atomic E-state index is 0.0799. The molecule has 0 atom stereocenters. The Morgan fingerprint density at radius 2 is 2.08 bits per heavy atom. The van der Waals surface area contributed by atoms with Crippen molar-refractivity contribution >= 4 is 5.97 Å². The molecule has 0 unspecified atom stereocenters. The van der Waals surface area contributed by atoms with E-state index < -0.39 is 18.4 Å². The van der Waals surface area contributed by atoms with Crippen molar-refractivity contribution in [2.75, 3.05) is 19.7 Å². The molecule has 4 nitrogen and oxygen atoms in total. The van der Waals surface area contributed by atoms with Crippen molar-refractivity contribution in [1.29, 1.82) is 0 Å². The lowest BCUT2D eigenvalue weighted by atomic mass is 10.3. The SMILES string of the molecule is O=C(O)C(F)(F)CNCC#CCO. The third-order valence-corrected chi connectivity index (χ3v) is 1.08. The number of rotatable bonds is 4. The molecule has 0 aliphatic heterocycles. The van der Waals surface area contributed by atoms with Gasteiger partial charge in [0.15, 0.2) is 0 Å². The molecule has 0 radical (unpaired) electrons. The molecule has 0 aromatic rings. The average molecular weight is 193 g/mol. The van der Waals surface area contributed by atoms with Crippen LogP contribution in [0.25, 0.3) is 0 Å². The zero-order valence-electron chi connectivity index (χ0n) is 6.68. The van der Waals surface area contributed by atoms with Crippen LogP contribution in [0.3, 0.4) is 0 Å². The summed E-state index contributed by atoms with van der Waals surface area (Å²) in [5.74, 6) is -1.42. The zero-order valence-corrected chi connectivity index (χ0v) is 6.68. The summed E-state index contributed by atoms with van der Waals surface area (Å²) in [6.07, 6.45) is 0. The van der Waals surface area contributed by atoms with E-state index in [1.807, 2.05) is 0 Å². The highest BCUT2D eigenvalue weighted by molar-refractivity contribution is 5.75. The molecule has 0 fully saturated rings. The van der Waals surface area contributed by atoms with Crippen molar-refractivity contribution in [2.45, 2.75) is 5.92 Å². The van der Waals surface area contributed by atoms with Crippen LogP contribution in [0.15, 0.2) is 0 Å². The Morgan fingerprint density at radius 3 is 2.54 bits per heavy atom. The predicted octanol–water partition coefficient (Wildman–Crippen LogP) is -0.708. The first-order valence-electron chi connectivity index (χ1n) is 3.39. The first-order chi connectivity index (χ1) is 6.00. The number of aliphatic hydroxyl groups is 1. The third kappa shape index (κ3) is 5.11. The van der Waals surface area contributed by atoms with Crippen LogP contribution in [0, 0.1) is 11.8 Å². The average Bonchev–Trinajstić information content (AvgIpc) is 2.03. The van der Waals surface area contributed by atoms with Crippen LogP contribution in [-0.4, -0.2) is 41.8 Å². The number of alkyl halides is 2. The van der Waals surface area contributed by atoms with Crippen molar-refractivity contribution in [1.82, 2.24) is 5.32 Å². The molecule has 13 heavy (non-hydrogen) atoms. The van der Waals surface area contributed by atoms with Crippen LogP contribution in [0.2, 0.25) is 0 Å². The van der Waals surface area contributed by atoms with Gasteiger partial charge in [-0.3, -0.25) is 5.32 Å². The number of halogens is 2. The number of nitrogens with one attached hydrogen (secondary N) is 1. The summed E-state index contributed by atoms with van der Waals surface area (Å²) in [5, 5.41) is 18.3. The molecule has 0 aliphatic rings. The molecule has 6 heteroatoms. The summed E-state index contributed by atoms with van der Waals surface area (Å²) in [6.45, 7) is -1.40. The van der Waals surface area contributed by atoms with Gasteiger partial charge in [0.05, 0.1) is 13.1 Å². The molecule has 0 spiro atoms. The predicted molar refractivity (Wildman–Crippen MR) is 40.3 cm³/mol. The number of carbonyl (C=O) groups is 1. The van der Waals surface area contributed by atoms with Gasteiger partial charge in [0.25, 0.3) is 0 Å². The van der Waals surface area contributed by atoms with Crippen LogP contribution in [-0.2, 0) is 4.79 Å². The molecule has 0 rings (SSSR count). The highest BCUT2D eigenvalue weighted by atomic mass is 19.3. The fourth-order valence-electron chi connectivity index (χ4n) is 0.476. The minimum atomic E-state index is -3.78. The molecular formula is C7H9F2NO3. The number of carboxylic acid groups (broad SMARTS) is 1. The second kappa shape index (κ2) is 5.45. The van der Waals surface area contributed by atoms with Crippen LogP contribution in [0.5, 0.6) is 0 Å². The van der Waals surface area contributed by atoms with Crippen molar-refractivity contribution in [3.05, 3.63) is 0 Å². The summed E-state index contributed by atoms with van der Waals surface area (Å²) >= 11 is 0. The Balaban J connectivity index is 3.70. The van der Waals surface area contributed by atoms with Crippen molar-refractivity contribution in [3.8, 4) is 11.8 Å². The van der Waals surface area contributed by atoms with Crippen molar-refractivity contribution < 1.29 is 23.8 Å². The maximum absolute atomic E-state index is 12.3. The maximum Gasteiger partial charge on any atom is 0.375 e. The molecule has 74 valence electrons. The zero-order chi connectivity index (χ0) is 10.3. The number of carboxylic acids is 1. The lowest BCUT2D eigenvalue weighted by molar-refractivity contribution is -0.163. The normalized spacial score (nSPS) is 10.4. The standard InChI is InChI=1S/C7H9F2NO3/c8-7(9,6(12)13)5-10-3-1-2-4-11/h10-11H,3-5H2,(H,12,13). The highest BCUT2D eigenvalue weighted by Crippen LogP contribution is 2.10. The lowest BCUT2D eigenvalue weighted by Crippen LogP contribution is -2.39.